The molecule has 1 atom stereocenters. The molecule has 124 valence electrons. The van der Waals surface area contributed by atoms with Gasteiger partial charge < -0.3 is 5.32 Å². The summed E-state index contributed by atoms with van der Waals surface area (Å²) >= 11 is 2.97. The second-order valence-corrected chi connectivity index (χ2v) is 6.91. The number of hydrogen-bond acceptors (Lipinski definition) is 6. The first-order chi connectivity index (χ1) is 11.8. The maximum absolute atomic E-state index is 12.4. The van der Waals surface area contributed by atoms with Gasteiger partial charge in [0.15, 0.2) is 0 Å². The van der Waals surface area contributed by atoms with Gasteiger partial charge in [0, 0.05) is 11.4 Å². The van der Waals surface area contributed by atoms with E-state index < -0.39 is 0 Å². The van der Waals surface area contributed by atoms with Crippen LogP contribution in [0.2, 0.25) is 0 Å². The number of benzene rings is 1. The molecule has 0 spiro atoms. The lowest BCUT2D eigenvalue weighted by Gasteiger charge is -2.18. The van der Waals surface area contributed by atoms with Gasteiger partial charge in [0.05, 0.1) is 11.8 Å². The Hall–Kier alpha value is -2.19. The van der Waals surface area contributed by atoms with Gasteiger partial charge in [-0.1, -0.05) is 48.2 Å². The quantitative estimate of drug-likeness (QED) is 0.657. The van der Waals surface area contributed by atoms with E-state index in [9.17, 15) is 4.79 Å². The Bertz CT molecular complexity index is 773. The maximum atomic E-state index is 12.4. The summed E-state index contributed by atoms with van der Waals surface area (Å²) in [5.74, 6) is 0.225. The molecule has 2 heterocycles. The van der Waals surface area contributed by atoms with Gasteiger partial charge in [-0.25, -0.2) is 4.68 Å². The molecule has 0 saturated carbocycles. The number of amides is 1. The van der Waals surface area contributed by atoms with Crippen LogP contribution < -0.4 is 5.32 Å². The standard InChI is InChI=1S/C16H17N5OS2/c1-2-21-16(18-19-20-21)24-11-14(22)17-15(13-9-6-10-23-13)12-7-4-3-5-8-12/h3-10,15H,2,11H2,1H3,(H,17,22). The number of hydrogen-bond donors (Lipinski definition) is 1. The molecule has 1 unspecified atom stereocenters. The topological polar surface area (TPSA) is 72.7 Å². The molecule has 0 aliphatic rings. The Morgan fingerprint density at radius 2 is 2.12 bits per heavy atom. The zero-order valence-corrected chi connectivity index (χ0v) is 14.8. The third-order valence-electron chi connectivity index (χ3n) is 3.40. The molecule has 6 nitrogen and oxygen atoms in total. The summed E-state index contributed by atoms with van der Waals surface area (Å²) < 4.78 is 1.67. The number of aromatic nitrogens is 4. The SMILES string of the molecule is CCn1nnnc1SCC(=O)NC(c1ccccc1)c1cccs1. The van der Waals surface area contributed by atoms with Crippen molar-refractivity contribution in [2.75, 3.05) is 5.75 Å². The highest BCUT2D eigenvalue weighted by molar-refractivity contribution is 7.99. The molecule has 3 rings (SSSR count). The predicted octanol–water partition coefficient (Wildman–Crippen LogP) is 2.75. The van der Waals surface area contributed by atoms with Crippen LogP contribution in [0.5, 0.6) is 0 Å². The minimum atomic E-state index is -0.138. The van der Waals surface area contributed by atoms with Crippen LogP contribution in [-0.2, 0) is 11.3 Å². The molecule has 1 aromatic carbocycles. The van der Waals surface area contributed by atoms with Crippen molar-refractivity contribution in [2.24, 2.45) is 0 Å². The van der Waals surface area contributed by atoms with Crippen LogP contribution in [0, 0.1) is 0 Å². The fourth-order valence-electron chi connectivity index (χ4n) is 2.25. The second-order valence-electron chi connectivity index (χ2n) is 4.99. The van der Waals surface area contributed by atoms with Crippen molar-refractivity contribution in [3.8, 4) is 0 Å². The van der Waals surface area contributed by atoms with Gasteiger partial charge >= 0.3 is 0 Å². The number of rotatable bonds is 7. The summed E-state index contributed by atoms with van der Waals surface area (Å²) in [6.45, 7) is 2.64. The van der Waals surface area contributed by atoms with Crippen molar-refractivity contribution in [1.29, 1.82) is 0 Å². The van der Waals surface area contributed by atoms with Gasteiger partial charge in [-0.3, -0.25) is 4.79 Å². The number of nitrogens with zero attached hydrogens (tertiary/aromatic N) is 4. The van der Waals surface area contributed by atoms with E-state index in [0.29, 0.717) is 11.7 Å². The van der Waals surface area contributed by atoms with E-state index in [1.807, 2.05) is 54.8 Å². The number of carbonyl (C=O) groups is 1. The van der Waals surface area contributed by atoms with Crippen molar-refractivity contribution < 1.29 is 4.79 Å². The zero-order chi connectivity index (χ0) is 16.8. The van der Waals surface area contributed by atoms with Crippen LogP contribution in [0.25, 0.3) is 0 Å². The molecule has 24 heavy (non-hydrogen) atoms. The predicted molar refractivity (Wildman–Crippen MR) is 95.0 cm³/mol. The van der Waals surface area contributed by atoms with Crippen LogP contribution >= 0.6 is 23.1 Å². The molecule has 0 fully saturated rings. The van der Waals surface area contributed by atoms with E-state index >= 15 is 0 Å². The number of tetrazole rings is 1. The molecule has 3 aromatic rings. The van der Waals surface area contributed by atoms with Crippen molar-refractivity contribution in [3.05, 3.63) is 58.3 Å². The summed E-state index contributed by atoms with van der Waals surface area (Å²) in [7, 11) is 0. The average molecular weight is 359 g/mol. The first-order valence-corrected chi connectivity index (χ1v) is 9.41. The molecule has 1 N–H and O–H groups in total. The fraction of sp³-hybridized carbons (Fsp3) is 0.250. The monoisotopic (exact) mass is 359 g/mol. The van der Waals surface area contributed by atoms with E-state index in [1.54, 1.807) is 16.0 Å². The molecule has 0 aliphatic heterocycles. The highest BCUT2D eigenvalue weighted by Gasteiger charge is 2.18. The van der Waals surface area contributed by atoms with Crippen LogP contribution in [-0.4, -0.2) is 31.9 Å². The largest absolute Gasteiger partial charge is 0.344 e. The zero-order valence-electron chi connectivity index (χ0n) is 13.1. The molecule has 0 radical (unpaired) electrons. The Morgan fingerprint density at radius 3 is 2.83 bits per heavy atom. The summed E-state index contributed by atoms with van der Waals surface area (Å²) in [6.07, 6.45) is 0. The Kier molecular flexibility index (Phi) is 5.60. The molecule has 0 aliphatic carbocycles. The third-order valence-corrected chi connectivity index (χ3v) is 5.29. The lowest BCUT2D eigenvalue weighted by Crippen LogP contribution is -2.30. The van der Waals surface area contributed by atoms with Crippen LogP contribution in [0.15, 0.2) is 53.0 Å². The summed E-state index contributed by atoms with van der Waals surface area (Å²) in [5, 5.41) is 17.2. The highest BCUT2D eigenvalue weighted by atomic mass is 32.2. The van der Waals surface area contributed by atoms with E-state index in [-0.39, 0.29) is 17.7 Å². The van der Waals surface area contributed by atoms with Gasteiger partial charge in [0.25, 0.3) is 0 Å². The summed E-state index contributed by atoms with van der Waals surface area (Å²) in [4.78, 5) is 13.5. The number of carbonyl (C=O) groups excluding carboxylic acids is 1. The van der Waals surface area contributed by atoms with Crippen LogP contribution in [0.3, 0.4) is 0 Å². The smallest absolute Gasteiger partial charge is 0.231 e. The van der Waals surface area contributed by atoms with Crippen molar-refractivity contribution >= 4 is 29.0 Å². The Balaban J connectivity index is 1.68. The first-order valence-electron chi connectivity index (χ1n) is 7.54. The van der Waals surface area contributed by atoms with Crippen LogP contribution in [0.4, 0.5) is 0 Å². The lowest BCUT2D eigenvalue weighted by atomic mass is 10.1. The third kappa shape index (κ3) is 4.01. The van der Waals surface area contributed by atoms with Gasteiger partial charge in [0.1, 0.15) is 0 Å². The number of thioether (sulfide) groups is 1. The molecule has 8 heteroatoms. The molecular formula is C16H17N5OS2. The normalized spacial score (nSPS) is 12.0. The van der Waals surface area contributed by atoms with Gasteiger partial charge in [-0.05, 0) is 34.4 Å². The summed E-state index contributed by atoms with van der Waals surface area (Å²) in [6, 6.07) is 13.9. The average Bonchev–Trinajstić information content (AvgIpc) is 3.30. The van der Waals surface area contributed by atoms with Crippen molar-refractivity contribution in [2.45, 2.75) is 24.7 Å². The number of aryl methyl sites for hydroxylation is 1. The van der Waals surface area contributed by atoms with Gasteiger partial charge in [0.2, 0.25) is 11.1 Å². The second kappa shape index (κ2) is 8.07. The number of thiophene rings is 1. The maximum Gasteiger partial charge on any atom is 0.231 e. The molecule has 0 saturated heterocycles. The van der Waals surface area contributed by atoms with E-state index in [0.717, 1.165) is 10.4 Å². The van der Waals surface area contributed by atoms with E-state index in [1.165, 1.54) is 11.8 Å². The first kappa shape index (κ1) is 16.7. The minimum absolute atomic E-state index is 0.0482. The van der Waals surface area contributed by atoms with Gasteiger partial charge in [-0.15, -0.1) is 16.4 Å². The Labute approximate surface area is 148 Å². The summed E-state index contributed by atoms with van der Waals surface area (Å²) in [5.41, 5.74) is 1.07. The minimum Gasteiger partial charge on any atom is -0.344 e. The molecular weight excluding hydrogens is 342 g/mol. The molecule has 2 aromatic heterocycles. The van der Waals surface area contributed by atoms with Crippen molar-refractivity contribution in [3.63, 3.8) is 0 Å². The molecule has 0 bridgehead atoms. The highest BCUT2D eigenvalue weighted by Crippen LogP contribution is 2.26. The van der Waals surface area contributed by atoms with E-state index in [4.69, 9.17) is 0 Å². The fourth-order valence-corrected chi connectivity index (χ4v) is 3.81. The van der Waals surface area contributed by atoms with Crippen LogP contribution in [0.1, 0.15) is 23.4 Å². The Morgan fingerprint density at radius 1 is 1.29 bits per heavy atom. The van der Waals surface area contributed by atoms with Crippen molar-refractivity contribution in [1.82, 2.24) is 25.5 Å². The molecule has 1 amide bonds. The van der Waals surface area contributed by atoms with E-state index in [2.05, 4.69) is 20.8 Å². The van der Waals surface area contributed by atoms with Gasteiger partial charge in [-0.2, -0.15) is 0 Å². The lowest BCUT2D eigenvalue weighted by molar-refractivity contribution is -0.119. The number of nitrogens with one attached hydrogen (secondary N) is 1.